The molecular formula is C15H21NO3. The van der Waals surface area contributed by atoms with Crippen LogP contribution in [0.1, 0.15) is 23.2 Å². The summed E-state index contributed by atoms with van der Waals surface area (Å²) < 4.78 is 10.7. The van der Waals surface area contributed by atoms with Gasteiger partial charge in [0.15, 0.2) is 5.78 Å². The highest BCUT2D eigenvalue weighted by Gasteiger charge is 2.18. The standard InChI is InChI=1S/C15H21NO3/c1-16(10-14-4-3-9-19-14)11-15(17)12-5-7-13(18-2)8-6-12/h5-8,14H,3-4,9-11H2,1-2H3. The number of hydrogen-bond donors (Lipinski definition) is 0. The molecule has 1 saturated heterocycles. The van der Waals surface area contributed by atoms with Gasteiger partial charge in [0.1, 0.15) is 5.75 Å². The lowest BCUT2D eigenvalue weighted by atomic mass is 10.1. The number of hydrogen-bond acceptors (Lipinski definition) is 4. The normalized spacial score (nSPS) is 18.8. The van der Waals surface area contributed by atoms with E-state index in [-0.39, 0.29) is 11.9 Å². The van der Waals surface area contributed by atoms with Crippen molar-refractivity contribution in [1.29, 1.82) is 0 Å². The number of ether oxygens (including phenoxy) is 2. The summed E-state index contributed by atoms with van der Waals surface area (Å²) in [6.07, 6.45) is 2.51. The third-order valence-corrected chi connectivity index (χ3v) is 3.36. The van der Waals surface area contributed by atoms with Crippen LogP contribution in [0, 0.1) is 0 Å². The Balaban J connectivity index is 1.84. The molecule has 1 aromatic carbocycles. The molecule has 0 amide bonds. The molecule has 1 aliphatic rings. The van der Waals surface area contributed by atoms with Crippen LogP contribution in [0.15, 0.2) is 24.3 Å². The smallest absolute Gasteiger partial charge is 0.176 e. The summed E-state index contributed by atoms with van der Waals surface area (Å²) in [6.45, 7) is 2.10. The zero-order valence-corrected chi connectivity index (χ0v) is 11.6. The second-order valence-corrected chi connectivity index (χ2v) is 4.98. The molecule has 2 rings (SSSR count). The summed E-state index contributed by atoms with van der Waals surface area (Å²) in [7, 11) is 3.58. The van der Waals surface area contributed by atoms with Crippen molar-refractivity contribution in [2.45, 2.75) is 18.9 Å². The summed E-state index contributed by atoms with van der Waals surface area (Å²) in [5.74, 6) is 0.896. The van der Waals surface area contributed by atoms with Crippen LogP contribution < -0.4 is 4.74 Å². The van der Waals surface area contributed by atoms with Crippen LogP contribution in [-0.2, 0) is 4.74 Å². The van der Waals surface area contributed by atoms with Crippen LogP contribution in [0.2, 0.25) is 0 Å². The van der Waals surface area contributed by atoms with Gasteiger partial charge in [-0.25, -0.2) is 0 Å². The van der Waals surface area contributed by atoms with Gasteiger partial charge in [-0.2, -0.15) is 0 Å². The minimum atomic E-state index is 0.128. The maximum atomic E-state index is 12.1. The van der Waals surface area contributed by atoms with Crippen molar-refractivity contribution in [1.82, 2.24) is 4.90 Å². The summed E-state index contributed by atoms with van der Waals surface area (Å²) in [6, 6.07) is 7.24. The molecule has 19 heavy (non-hydrogen) atoms. The number of likely N-dealkylation sites (N-methyl/N-ethyl adjacent to an activating group) is 1. The number of carbonyl (C=O) groups is 1. The zero-order chi connectivity index (χ0) is 13.7. The monoisotopic (exact) mass is 263 g/mol. The Morgan fingerprint density at radius 2 is 2.16 bits per heavy atom. The topological polar surface area (TPSA) is 38.8 Å². The summed E-state index contributed by atoms with van der Waals surface area (Å²) in [4.78, 5) is 14.1. The highest BCUT2D eigenvalue weighted by atomic mass is 16.5. The van der Waals surface area contributed by atoms with Crippen LogP contribution in [0.5, 0.6) is 5.75 Å². The summed E-state index contributed by atoms with van der Waals surface area (Å²) in [5, 5.41) is 0. The molecule has 0 N–H and O–H groups in total. The van der Waals surface area contributed by atoms with Gasteiger partial charge >= 0.3 is 0 Å². The van der Waals surface area contributed by atoms with E-state index in [9.17, 15) is 4.79 Å². The van der Waals surface area contributed by atoms with E-state index in [2.05, 4.69) is 0 Å². The molecule has 0 bridgehead atoms. The number of nitrogens with zero attached hydrogens (tertiary/aromatic N) is 1. The quantitative estimate of drug-likeness (QED) is 0.736. The van der Waals surface area contributed by atoms with E-state index in [1.54, 1.807) is 19.2 Å². The van der Waals surface area contributed by atoms with Gasteiger partial charge in [-0.05, 0) is 44.2 Å². The number of ketones is 1. The zero-order valence-electron chi connectivity index (χ0n) is 11.6. The van der Waals surface area contributed by atoms with Crippen molar-refractivity contribution in [2.75, 3.05) is 33.9 Å². The first-order valence-corrected chi connectivity index (χ1v) is 6.66. The van der Waals surface area contributed by atoms with Crippen molar-refractivity contribution in [3.8, 4) is 5.75 Å². The highest BCUT2D eigenvalue weighted by molar-refractivity contribution is 5.97. The van der Waals surface area contributed by atoms with Crippen LogP contribution in [0.3, 0.4) is 0 Å². The Labute approximate surface area is 114 Å². The lowest BCUT2D eigenvalue weighted by Crippen LogP contribution is -2.33. The Hall–Kier alpha value is -1.39. The molecule has 0 spiro atoms. The van der Waals surface area contributed by atoms with Gasteiger partial charge in [0.2, 0.25) is 0 Å². The molecule has 1 heterocycles. The van der Waals surface area contributed by atoms with Gasteiger partial charge in [-0.3, -0.25) is 9.69 Å². The molecule has 0 saturated carbocycles. The first kappa shape index (κ1) is 14.0. The number of benzene rings is 1. The third-order valence-electron chi connectivity index (χ3n) is 3.36. The first-order chi connectivity index (χ1) is 9.19. The predicted molar refractivity (Wildman–Crippen MR) is 73.8 cm³/mol. The van der Waals surface area contributed by atoms with E-state index >= 15 is 0 Å². The third kappa shape index (κ3) is 4.04. The molecule has 1 unspecified atom stereocenters. The summed E-state index contributed by atoms with van der Waals surface area (Å²) in [5.41, 5.74) is 0.722. The van der Waals surface area contributed by atoms with Crippen molar-refractivity contribution in [2.24, 2.45) is 0 Å². The van der Waals surface area contributed by atoms with Gasteiger partial charge in [-0.1, -0.05) is 0 Å². The van der Waals surface area contributed by atoms with E-state index in [1.165, 1.54) is 0 Å². The molecule has 1 atom stereocenters. The van der Waals surface area contributed by atoms with E-state index in [0.717, 1.165) is 37.3 Å². The maximum Gasteiger partial charge on any atom is 0.176 e. The number of Topliss-reactive ketones (excluding diaryl/α,β-unsaturated/α-hetero) is 1. The van der Waals surface area contributed by atoms with E-state index in [1.807, 2.05) is 24.1 Å². The highest BCUT2D eigenvalue weighted by Crippen LogP contribution is 2.14. The Bertz CT molecular complexity index is 410. The van der Waals surface area contributed by atoms with Crippen molar-refractivity contribution in [3.05, 3.63) is 29.8 Å². The fraction of sp³-hybridized carbons (Fsp3) is 0.533. The lowest BCUT2D eigenvalue weighted by molar-refractivity contribution is 0.0740. The average molecular weight is 263 g/mol. The number of methoxy groups -OCH3 is 1. The molecule has 1 aliphatic heterocycles. The minimum Gasteiger partial charge on any atom is -0.497 e. The molecule has 4 nitrogen and oxygen atoms in total. The van der Waals surface area contributed by atoms with Gasteiger partial charge in [0, 0.05) is 18.7 Å². The largest absolute Gasteiger partial charge is 0.497 e. The lowest BCUT2D eigenvalue weighted by Gasteiger charge is -2.19. The van der Waals surface area contributed by atoms with Gasteiger partial charge in [0.05, 0.1) is 19.8 Å². The van der Waals surface area contributed by atoms with Crippen molar-refractivity contribution >= 4 is 5.78 Å². The van der Waals surface area contributed by atoms with Gasteiger partial charge in [-0.15, -0.1) is 0 Å². The molecule has 0 aromatic heterocycles. The van der Waals surface area contributed by atoms with Crippen LogP contribution in [-0.4, -0.2) is 50.6 Å². The minimum absolute atomic E-state index is 0.128. The molecule has 0 radical (unpaired) electrons. The predicted octanol–water partition coefficient (Wildman–Crippen LogP) is 1.99. The van der Waals surface area contributed by atoms with Crippen molar-refractivity contribution in [3.63, 3.8) is 0 Å². The van der Waals surface area contributed by atoms with E-state index in [4.69, 9.17) is 9.47 Å². The molecule has 1 fully saturated rings. The molecule has 4 heteroatoms. The number of carbonyl (C=O) groups excluding carboxylic acids is 1. The van der Waals surface area contributed by atoms with Crippen LogP contribution in [0.25, 0.3) is 0 Å². The average Bonchev–Trinajstić information content (AvgIpc) is 2.91. The Kier molecular flexibility index (Phi) is 4.93. The fourth-order valence-corrected chi connectivity index (χ4v) is 2.31. The maximum absolute atomic E-state index is 12.1. The molecule has 104 valence electrons. The van der Waals surface area contributed by atoms with Crippen LogP contribution in [0.4, 0.5) is 0 Å². The molecule has 0 aliphatic carbocycles. The Morgan fingerprint density at radius 3 is 2.74 bits per heavy atom. The Morgan fingerprint density at radius 1 is 1.42 bits per heavy atom. The molecular weight excluding hydrogens is 242 g/mol. The summed E-state index contributed by atoms with van der Waals surface area (Å²) >= 11 is 0. The fourth-order valence-electron chi connectivity index (χ4n) is 2.31. The molecule has 1 aromatic rings. The van der Waals surface area contributed by atoms with E-state index < -0.39 is 0 Å². The first-order valence-electron chi connectivity index (χ1n) is 6.66. The van der Waals surface area contributed by atoms with Gasteiger partial charge < -0.3 is 9.47 Å². The van der Waals surface area contributed by atoms with Crippen molar-refractivity contribution < 1.29 is 14.3 Å². The second kappa shape index (κ2) is 6.68. The second-order valence-electron chi connectivity index (χ2n) is 4.98. The SMILES string of the molecule is COc1ccc(C(=O)CN(C)CC2CCCO2)cc1. The van der Waals surface area contributed by atoms with Gasteiger partial charge in [0.25, 0.3) is 0 Å². The van der Waals surface area contributed by atoms with E-state index in [0.29, 0.717) is 6.54 Å². The number of rotatable bonds is 6. The van der Waals surface area contributed by atoms with Crippen LogP contribution >= 0.6 is 0 Å².